The zero-order chi connectivity index (χ0) is 15.4. The maximum atomic E-state index is 6.12. The van der Waals surface area contributed by atoms with Gasteiger partial charge < -0.3 is 15.5 Å². The number of likely N-dealkylation sites (N-methyl/N-ethyl adjacent to an activating group) is 1. The van der Waals surface area contributed by atoms with Gasteiger partial charge in [-0.1, -0.05) is 37.6 Å². The van der Waals surface area contributed by atoms with Crippen LogP contribution in [-0.4, -0.2) is 48.5 Å². The molecule has 0 spiro atoms. The summed E-state index contributed by atoms with van der Waals surface area (Å²) in [5.41, 5.74) is 10.1. The Balaban J connectivity index is 2.14. The smallest absolute Gasteiger partial charge is 0.191 e. The maximum Gasteiger partial charge on any atom is 0.191 e. The van der Waals surface area contributed by atoms with Crippen molar-refractivity contribution in [1.29, 1.82) is 0 Å². The Bertz CT molecular complexity index is 506. The van der Waals surface area contributed by atoms with Crippen LogP contribution in [0.5, 0.6) is 0 Å². The molecule has 0 aliphatic carbocycles. The fraction of sp³-hybridized carbons (Fsp3) is 0.588. The van der Waals surface area contributed by atoms with E-state index in [9.17, 15) is 0 Å². The highest BCUT2D eigenvalue weighted by Crippen LogP contribution is 2.28. The lowest BCUT2D eigenvalue weighted by Gasteiger charge is -2.30. The number of benzene rings is 1. The molecule has 1 aliphatic rings. The van der Waals surface area contributed by atoms with Gasteiger partial charge in [-0.15, -0.1) is 0 Å². The molecule has 1 aromatic rings. The first kappa shape index (κ1) is 15.8. The fourth-order valence-corrected chi connectivity index (χ4v) is 2.97. The van der Waals surface area contributed by atoms with Crippen molar-refractivity contribution in [2.24, 2.45) is 10.7 Å². The summed E-state index contributed by atoms with van der Waals surface area (Å²) in [7, 11) is 0. The zero-order valence-electron chi connectivity index (χ0n) is 13.8. The average Bonchev–Trinajstić information content (AvgIpc) is 2.84. The summed E-state index contributed by atoms with van der Waals surface area (Å²) in [5, 5.41) is 0. The molecule has 0 saturated heterocycles. The Kier molecular flexibility index (Phi) is 5.23. The molecule has 0 radical (unpaired) electrons. The average molecular weight is 288 g/mol. The molecule has 1 heterocycles. The second-order valence-electron chi connectivity index (χ2n) is 5.80. The van der Waals surface area contributed by atoms with Crippen LogP contribution >= 0.6 is 0 Å². The molecule has 0 aromatic heterocycles. The number of aliphatic imine (C=N–C) groups is 1. The third-order valence-corrected chi connectivity index (χ3v) is 4.44. The van der Waals surface area contributed by atoms with E-state index in [1.807, 2.05) is 0 Å². The molecule has 0 bridgehead atoms. The fourth-order valence-electron chi connectivity index (χ4n) is 2.97. The largest absolute Gasteiger partial charge is 0.370 e. The number of guanidine groups is 1. The van der Waals surface area contributed by atoms with Crippen LogP contribution in [0.4, 0.5) is 0 Å². The van der Waals surface area contributed by atoms with Crippen molar-refractivity contribution in [3.05, 3.63) is 34.9 Å². The molecule has 2 rings (SSSR count). The Morgan fingerprint density at radius 3 is 2.67 bits per heavy atom. The van der Waals surface area contributed by atoms with Crippen LogP contribution in [-0.2, 0) is 0 Å². The van der Waals surface area contributed by atoms with E-state index in [2.05, 4.69) is 60.7 Å². The van der Waals surface area contributed by atoms with Crippen molar-refractivity contribution >= 4 is 5.96 Å². The number of nitrogens with two attached hydrogens (primary N) is 1. The van der Waals surface area contributed by atoms with Crippen molar-refractivity contribution in [2.75, 3.05) is 32.7 Å². The van der Waals surface area contributed by atoms with Gasteiger partial charge in [-0.2, -0.15) is 0 Å². The van der Waals surface area contributed by atoms with Crippen molar-refractivity contribution in [1.82, 2.24) is 9.80 Å². The maximum absolute atomic E-state index is 6.12. The molecular formula is C17H28N4. The van der Waals surface area contributed by atoms with E-state index < -0.39 is 0 Å². The summed E-state index contributed by atoms with van der Waals surface area (Å²) in [6.07, 6.45) is 0. The first-order chi connectivity index (χ1) is 10.1. The Labute approximate surface area is 128 Å². The predicted octanol–water partition coefficient (Wildman–Crippen LogP) is 2.32. The van der Waals surface area contributed by atoms with Gasteiger partial charge in [0.15, 0.2) is 5.96 Å². The number of hydrogen-bond acceptors (Lipinski definition) is 4. The van der Waals surface area contributed by atoms with Crippen LogP contribution in [0, 0.1) is 13.8 Å². The predicted molar refractivity (Wildman–Crippen MR) is 89.6 cm³/mol. The van der Waals surface area contributed by atoms with Crippen molar-refractivity contribution < 1.29 is 0 Å². The summed E-state index contributed by atoms with van der Waals surface area (Å²) >= 11 is 0. The van der Waals surface area contributed by atoms with Gasteiger partial charge in [0.25, 0.3) is 0 Å². The van der Waals surface area contributed by atoms with E-state index in [1.165, 1.54) is 16.7 Å². The third-order valence-electron chi connectivity index (χ3n) is 4.44. The molecule has 1 atom stereocenters. The number of hydrogen-bond donors (Lipinski definition) is 1. The van der Waals surface area contributed by atoms with Crippen molar-refractivity contribution in [3.8, 4) is 0 Å². The Morgan fingerprint density at radius 1 is 1.29 bits per heavy atom. The van der Waals surface area contributed by atoms with Gasteiger partial charge in [-0.25, -0.2) is 0 Å². The van der Waals surface area contributed by atoms with E-state index in [1.54, 1.807) is 0 Å². The van der Waals surface area contributed by atoms with Crippen LogP contribution in [0.15, 0.2) is 23.2 Å². The normalized spacial score (nSPS) is 18.4. The van der Waals surface area contributed by atoms with Crippen LogP contribution < -0.4 is 5.73 Å². The first-order valence-corrected chi connectivity index (χ1v) is 7.92. The van der Waals surface area contributed by atoms with Crippen molar-refractivity contribution in [3.63, 3.8) is 0 Å². The lowest BCUT2D eigenvalue weighted by molar-refractivity contribution is 0.248. The van der Waals surface area contributed by atoms with Crippen LogP contribution in [0.2, 0.25) is 0 Å². The molecule has 116 valence electrons. The highest BCUT2D eigenvalue weighted by molar-refractivity contribution is 5.80. The summed E-state index contributed by atoms with van der Waals surface area (Å²) in [6.45, 7) is 13.6. The van der Waals surface area contributed by atoms with Gasteiger partial charge in [0.2, 0.25) is 0 Å². The molecule has 0 fully saturated rings. The summed E-state index contributed by atoms with van der Waals surface area (Å²) < 4.78 is 0. The van der Waals surface area contributed by atoms with E-state index in [-0.39, 0.29) is 0 Å². The van der Waals surface area contributed by atoms with Crippen LogP contribution in [0.3, 0.4) is 0 Å². The molecule has 2 N–H and O–H groups in total. The molecule has 1 aromatic carbocycles. The minimum atomic E-state index is 0.292. The minimum absolute atomic E-state index is 0.292. The summed E-state index contributed by atoms with van der Waals surface area (Å²) in [4.78, 5) is 9.16. The first-order valence-electron chi connectivity index (χ1n) is 7.92. The SMILES string of the molecule is CCN(CC)CCN1C(N)=NCC1c1cc(C)ccc1C. The Hall–Kier alpha value is -1.55. The standard InChI is InChI=1S/C17H28N4/c1-5-20(6-2)9-10-21-16(12-19-17(21)18)15-11-13(3)7-8-14(15)4/h7-8,11,16H,5-6,9-10,12H2,1-4H3,(H2,18,19). The molecule has 0 amide bonds. The summed E-state index contributed by atoms with van der Waals surface area (Å²) in [5.74, 6) is 0.688. The highest BCUT2D eigenvalue weighted by Gasteiger charge is 2.28. The van der Waals surface area contributed by atoms with E-state index in [0.29, 0.717) is 12.0 Å². The summed E-state index contributed by atoms with van der Waals surface area (Å²) in [6, 6.07) is 6.93. The monoisotopic (exact) mass is 288 g/mol. The van der Waals surface area contributed by atoms with Gasteiger partial charge in [-0.05, 0) is 38.1 Å². The van der Waals surface area contributed by atoms with Gasteiger partial charge >= 0.3 is 0 Å². The quantitative estimate of drug-likeness (QED) is 0.873. The molecule has 1 unspecified atom stereocenters. The Morgan fingerprint density at radius 2 is 2.00 bits per heavy atom. The van der Waals surface area contributed by atoms with Gasteiger partial charge in [-0.3, -0.25) is 4.99 Å². The molecule has 1 aliphatic heterocycles. The number of aryl methyl sites for hydroxylation is 2. The number of rotatable bonds is 6. The van der Waals surface area contributed by atoms with E-state index in [4.69, 9.17) is 5.73 Å². The lowest BCUT2D eigenvalue weighted by atomic mass is 9.98. The zero-order valence-corrected chi connectivity index (χ0v) is 13.8. The van der Waals surface area contributed by atoms with Gasteiger partial charge in [0.1, 0.15) is 0 Å². The second kappa shape index (κ2) is 6.94. The topological polar surface area (TPSA) is 44.9 Å². The molecule has 4 heteroatoms. The van der Waals surface area contributed by atoms with Crippen molar-refractivity contribution in [2.45, 2.75) is 33.7 Å². The highest BCUT2D eigenvalue weighted by atomic mass is 15.3. The molecular weight excluding hydrogens is 260 g/mol. The number of nitrogens with zero attached hydrogens (tertiary/aromatic N) is 3. The van der Waals surface area contributed by atoms with Gasteiger partial charge in [0, 0.05) is 13.1 Å². The second-order valence-corrected chi connectivity index (χ2v) is 5.80. The lowest BCUT2D eigenvalue weighted by Crippen LogP contribution is -2.41. The van der Waals surface area contributed by atoms with Crippen LogP contribution in [0.25, 0.3) is 0 Å². The van der Waals surface area contributed by atoms with Crippen LogP contribution in [0.1, 0.15) is 36.6 Å². The van der Waals surface area contributed by atoms with Gasteiger partial charge in [0.05, 0.1) is 12.6 Å². The third kappa shape index (κ3) is 3.56. The minimum Gasteiger partial charge on any atom is -0.370 e. The molecule has 21 heavy (non-hydrogen) atoms. The molecule has 0 saturated carbocycles. The van der Waals surface area contributed by atoms with E-state index >= 15 is 0 Å². The van der Waals surface area contributed by atoms with E-state index in [0.717, 1.165) is 32.7 Å². The molecule has 4 nitrogen and oxygen atoms in total.